The van der Waals surface area contributed by atoms with Gasteiger partial charge in [0.1, 0.15) is 0 Å². The van der Waals surface area contributed by atoms with Gasteiger partial charge in [-0.2, -0.15) is 0 Å². The first kappa shape index (κ1) is 9.95. The van der Waals surface area contributed by atoms with Crippen molar-refractivity contribution in [3.63, 3.8) is 0 Å². The first-order valence-electron chi connectivity index (χ1n) is 4.20. The van der Waals surface area contributed by atoms with Gasteiger partial charge in [0.15, 0.2) is 9.84 Å². The molecule has 1 aliphatic rings. The van der Waals surface area contributed by atoms with Crippen LogP contribution in [0.3, 0.4) is 0 Å². The minimum Gasteiger partial charge on any atom is -0.396 e. The van der Waals surface area contributed by atoms with Gasteiger partial charge in [-0.1, -0.05) is 0 Å². The number of aliphatic hydroxyl groups is 1. The lowest BCUT2D eigenvalue weighted by Crippen LogP contribution is -2.26. The summed E-state index contributed by atoms with van der Waals surface area (Å²) in [7, 11) is -2.94. The molecular weight excluding hydrogens is 178 g/mol. The fraction of sp³-hybridized carbons (Fsp3) is 1.00. The lowest BCUT2D eigenvalue weighted by Gasteiger charge is -2.08. The van der Waals surface area contributed by atoms with Crippen LogP contribution in [0.1, 0.15) is 12.8 Å². The summed E-state index contributed by atoms with van der Waals surface area (Å²) in [4.78, 5) is 0. The van der Waals surface area contributed by atoms with E-state index in [0.717, 1.165) is 6.54 Å². The molecule has 1 saturated heterocycles. The Hall–Kier alpha value is -0.130. The third kappa shape index (κ3) is 2.43. The Kier molecular flexibility index (Phi) is 3.49. The molecule has 12 heavy (non-hydrogen) atoms. The predicted molar refractivity (Wildman–Crippen MR) is 46.8 cm³/mol. The largest absolute Gasteiger partial charge is 0.396 e. The van der Waals surface area contributed by atoms with Gasteiger partial charge in [-0.3, -0.25) is 0 Å². The highest BCUT2D eigenvalue weighted by Gasteiger charge is 2.27. The molecule has 0 aromatic rings. The smallest absolute Gasteiger partial charge is 0.154 e. The van der Waals surface area contributed by atoms with Gasteiger partial charge >= 0.3 is 0 Å². The maximum atomic E-state index is 11.4. The number of nitrogens with one attached hydrogen (secondary N) is 1. The van der Waals surface area contributed by atoms with Crippen molar-refractivity contribution in [2.24, 2.45) is 0 Å². The van der Waals surface area contributed by atoms with Gasteiger partial charge in [0.05, 0.1) is 11.0 Å². The Morgan fingerprint density at radius 2 is 2.25 bits per heavy atom. The lowest BCUT2D eigenvalue weighted by atomic mass is 10.4. The van der Waals surface area contributed by atoms with E-state index in [1.807, 2.05) is 0 Å². The number of hydrogen-bond donors (Lipinski definition) is 2. The standard InChI is InChI=1S/C7H15NO3S/c9-4-1-5-12(10,11)7-2-3-8-6-7/h7-9H,1-6H2. The fourth-order valence-electron chi connectivity index (χ4n) is 1.37. The van der Waals surface area contributed by atoms with Crippen LogP contribution in [-0.4, -0.2) is 44.2 Å². The average molecular weight is 193 g/mol. The van der Waals surface area contributed by atoms with Crippen molar-refractivity contribution in [3.8, 4) is 0 Å². The van der Waals surface area contributed by atoms with E-state index in [1.54, 1.807) is 0 Å². The Bertz CT molecular complexity index is 219. The van der Waals surface area contributed by atoms with Gasteiger partial charge < -0.3 is 10.4 Å². The van der Waals surface area contributed by atoms with E-state index >= 15 is 0 Å². The molecule has 1 aliphatic heterocycles. The summed E-state index contributed by atoms with van der Waals surface area (Å²) in [6, 6.07) is 0. The number of aliphatic hydroxyl groups excluding tert-OH is 1. The second kappa shape index (κ2) is 4.20. The molecule has 1 heterocycles. The molecule has 1 rings (SSSR count). The average Bonchev–Trinajstić information content (AvgIpc) is 2.53. The summed E-state index contributed by atoms with van der Waals surface area (Å²) in [5.41, 5.74) is 0. The molecule has 0 saturated carbocycles. The Labute approximate surface area is 72.9 Å². The summed E-state index contributed by atoms with van der Waals surface area (Å²) in [5, 5.41) is 11.3. The monoisotopic (exact) mass is 193 g/mol. The highest BCUT2D eigenvalue weighted by Crippen LogP contribution is 2.11. The molecule has 0 radical (unpaired) electrons. The van der Waals surface area contributed by atoms with Crippen LogP contribution in [0.25, 0.3) is 0 Å². The Morgan fingerprint density at radius 3 is 2.75 bits per heavy atom. The van der Waals surface area contributed by atoms with Crippen LogP contribution in [0.4, 0.5) is 0 Å². The molecule has 1 atom stereocenters. The minimum atomic E-state index is -2.94. The van der Waals surface area contributed by atoms with Crippen molar-refractivity contribution in [3.05, 3.63) is 0 Å². The lowest BCUT2D eigenvalue weighted by molar-refractivity contribution is 0.295. The molecule has 5 heteroatoms. The summed E-state index contributed by atoms with van der Waals surface area (Å²) >= 11 is 0. The molecule has 4 nitrogen and oxygen atoms in total. The van der Waals surface area contributed by atoms with E-state index in [2.05, 4.69) is 5.32 Å². The zero-order valence-electron chi connectivity index (χ0n) is 6.99. The van der Waals surface area contributed by atoms with Crippen molar-refractivity contribution >= 4 is 9.84 Å². The summed E-state index contributed by atoms with van der Waals surface area (Å²) in [5.74, 6) is 0.121. The van der Waals surface area contributed by atoms with E-state index in [9.17, 15) is 8.42 Å². The predicted octanol–water partition coefficient (Wildman–Crippen LogP) is -0.854. The van der Waals surface area contributed by atoms with E-state index in [1.165, 1.54) is 0 Å². The van der Waals surface area contributed by atoms with Gasteiger partial charge in [0, 0.05) is 13.2 Å². The third-order valence-corrected chi connectivity index (χ3v) is 4.39. The second-order valence-electron chi connectivity index (χ2n) is 3.06. The zero-order valence-corrected chi connectivity index (χ0v) is 7.81. The third-order valence-electron chi connectivity index (χ3n) is 2.11. The van der Waals surface area contributed by atoms with Crippen molar-refractivity contribution in [2.75, 3.05) is 25.4 Å². The molecule has 0 aromatic heterocycles. The molecule has 0 spiro atoms. The van der Waals surface area contributed by atoms with E-state index in [0.29, 0.717) is 19.4 Å². The van der Waals surface area contributed by atoms with E-state index in [-0.39, 0.29) is 17.6 Å². The Balaban J connectivity index is 2.46. The van der Waals surface area contributed by atoms with Crippen LogP contribution in [-0.2, 0) is 9.84 Å². The first-order valence-corrected chi connectivity index (χ1v) is 5.91. The minimum absolute atomic E-state index is 0.0423. The van der Waals surface area contributed by atoms with Gasteiger partial charge in [0.25, 0.3) is 0 Å². The molecule has 0 aliphatic carbocycles. The molecular formula is C7H15NO3S. The van der Waals surface area contributed by atoms with Crippen LogP contribution in [0.15, 0.2) is 0 Å². The van der Waals surface area contributed by atoms with Crippen molar-refractivity contribution in [1.82, 2.24) is 5.32 Å². The molecule has 1 unspecified atom stereocenters. The number of rotatable bonds is 4. The van der Waals surface area contributed by atoms with Crippen LogP contribution in [0.5, 0.6) is 0 Å². The molecule has 72 valence electrons. The van der Waals surface area contributed by atoms with Gasteiger partial charge in [0.2, 0.25) is 0 Å². The SMILES string of the molecule is O=S(=O)(CCCO)C1CCNC1. The molecule has 2 N–H and O–H groups in total. The summed E-state index contributed by atoms with van der Waals surface area (Å²) < 4.78 is 22.9. The topological polar surface area (TPSA) is 66.4 Å². The van der Waals surface area contributed by atoms with Crippen LogP contribution in [0, 0.1) is 0 Å². The van der Waals surface area contributed by atoms with E-state index in [4.69, 9.17) is 5.11 Å². The van der Waals surface area contributed by atoms with Crippen LogP contribution < -0.4 is 5.32 Å². The van der Waals surface area contributed by atoms with Gasteiger partial charge in [-0.25, -0.2) is 8.42 Å². The second-order valence-corrected chi connectivity index (χ2v) is 5.46. The zero-order chi connectivity index (χ0) is 9.03. The first-order chi connectivity index (χ1) is 5.67. The van der Waals surface area contributed by atoms with Crippen molar-refractivity contribution < 1.29 is 13.5 Å². The normalized spacial score (nSPS) is 24.6. The Morgan fingerprint density at radius 1 is 1.50 bits per heavy atom. The van der Waals surface area contributed by atoms with Crippen LogP contribution in [0.2, 0.25) is 0 Å². The molecule has 0 amide bonds. The highest BCUT2D eigenvalue weighted by atomic mass is 32.2. The van der Waals surface area contributed by atoms with Crippen LogP contribution >= 0.6 is 0 Å². The van der Waals surface area contributed by atoms with Crippen molar-refractivity contribution in [2.45, 2.75) is 18.1 Å². The summed E-state index contributed by atoms with van der Waals surface area (Å²) in [6.07, 6.45) is 1.08. The number of hydrogen-bond acceptors (Lipinski definition) is 4. The maximum Gasteiger partial charge on any atom is 0.154 e. The summed E-state index contributed by atoms with van der Waals surface area (Å²) in [6.45, 7) is 1.33. The van der Waals surface area contributed by atoms with E-state index < -0.39 is 9.84 Å². The highest BCUT2D eigenvalue weighted by molar-refractivity contribution is 7.92. The van der Waals surface area contributed by atoms with Gasteiger partial charge in [-0.15, -0.1) is 0 Å². The number of sulfone groups is 1. The quantitative estimate of drug-likeness (QED) is 0.610. The molecule has 1 fully saturated rings. The van der Waals surface area contributed by atoms with Crippen molar-refractivity contribution in [1.29, 1.82) is 0 Å². The molecule has 0 bridgehead atoms. The fourth-order valence-corrected chi connectivity index (χ4v) is 3.08. The molecule has 0 aromatic carbocycles. The van der Waals surface area contributed by atoms with Gasteiger partial charge in [-0.05, 0) is 19.4 Å². The maximum absolute atomic E-state index is 11.4.